The van der Waals surface area contributed by atoms with Gasteiger partial charge in [0, 0.05) is 18.2 Å². The lowest BCUT2D eigenvalue weighted by molar-refractivity contribution is -0.117. The van der Waals surface area contributed by atoms with E-state index < -0.39 is 0 Å². The molecule has 0 heterocycles. The normalized spacial score (nSPS) is 13.2. The molecular weight excluding hydrogens is 304 g/mol. The molecule has 0 bridgehead atoms. The molecular formula is C19H20N2O3. The first kappa shape index (κ1) is 16.1. The number of ether oxygens (including phenoxy) is 1. The van der Waals surface area contributed by atoms with E-state index in [1.807, 2.05) is 30.3 Å². The van der Waals surface area contributed by atoms with Crippen molar-refractivity contribution in [2.45, 2.75) is 19.4 Å². The Bertz CT molecular complexity index is 754. The summed E-state index contributed by atoms with van der Waals surface area (Å²) in [4.78, 5) is 24.1. The minimum Gasteiger partial charge on any atom is -0.496 e. The van der Waals surface area contributed by atoms with Crippen molar-refractivity contribution in [3.05, 3.63) is 59.7 Å². The third kappa shape index (κ3) is 3.93. The van der Waals surface area contributed by atoms with Gasteiger partial charge in [-0.15, -0.1) is 0 Å². The molecule has 24 heavy (non-hydrogen) atoms. The van der Waals surface area contributed by atoms with Gasteiger partial charge in [0.2, 0.25) is 5.91 Å². The summed E-state index contributed by atoms with van der Waals surface area (Å²) in [6, 6.07) is 14.6. The van der Waals surface area contributed by atoms with Gasteiger partial charge in [-0.3, -0.25) is 9.59 Å². The van der Waals surface area contributed by atoms with Crippen LogP contribution in [0.4, 0.5) is 5.69 Å². The largest absolute Gasteiger partial charge is 0.496 e. The van der Waals surface area contributed by atoms with E-state index in [9.17, 15) is 9.59 Å². The van der Waals surface area contributed by atoms with Gasteiger partial charge in [-0.25, -0.2) is 0 Å². The van der Waals surface area contributed by atoms with Crippen molar-refractivity contribution in [1.82, 2.24) is 5.32 Å². The average molecular weight is 324 g/mol. The Labute approximate surface area is 141 Å². The molecule has 1 aliphatic carbocycles. The number of hydrogen-bond donors (Lipinski definition) is 2. The van der Waals surface area contributed by atoms with Gasteiger partial charge in [0.15, 0.2) is 0 Å². The van der Waals surface area contributed by atoms with Crippen molar-refractivity contribution in [3.8, 4) is 5.75 Å². The Morgan fingerprint density at radius 2 is 1.92 bits per heavy atom. The lowest BCUT2D eigenvalue weighted by atomic mass is 10.1. The maximum atomic E-state index is 12.3. The third-order valence-corrected chi connectivity index (χ3v) is 3.95. The molecule has 1 aliphatic rings. The van der Waals surface area contributed by atoms with Gasteiger partial charge in [0.05, 0.1) is 12.7 Å². The van der Waals surface area contributed by atoms with Crippen molar-refractivity contribution in [2.24, 2.45) is 5.92 Å². The zero-order valence-electron chi connectivity index (χ0n) is 13.5. The van der Waals surface area contributed by atoms with Crippen LogP contribution in [-0.4, -0.2) is 18.9 Å². The highest BCUT2D eigenvalue weighted by molar-refractivity contribution is 5.97. The van der Waals surface area contributed by atoms with Crippen LogP contribution >= 0.6 is 0 Å². The Balaban J connectivity index is 1.61. The van der Waals surface area contributed by atoms with E-state index >= 15 is 0 Å². The molecule has 0 saturated heterocycles. The molecule has 2 aromatic carbocycles. The topological polar surface area (TPSA) is 67.4 Å². The second kappa shape index (κ2) is 7.17. The van der Waals surface area contributed by atoms with Gasteiger partial charge >= 0.3 is 0 Å². The quantitative estimate of drug-likeness (QED) is 0.858. The molecule has 2 N–H and O–H groups in total. The lowest BCUT2D eigenvalue weighted by Gasteiger charge is -2.10. The smallest absolute Gasteiger partial charge is 0.255 e. The first-order chi connectivity index (χ1) is 11.7. The molecule has 0 unspecified atom stereocenters. The first-order valence-corrected chi connectivity index (χ1v) is 7.98. The first-order valence-electron chi connectivity index (χ1n) is 7.98. The predicted octanol–water partition coefficient (Wildman–Crippen LogP) is 2.97. The number of rotatable bonds is 6. The van der Waals surface area contributed by atoms with Crippen LogP contribution < -0.4 is 15.4 Å². The Hall–Kier alpha value is -2.82. The highest BCUT2D eigenvalue weighted by Crippen LogP contribution is 2.30. The fourth-order valence-electron chi connectivity index (χ4n) is 2.46. The third-order valence-electron chi connectivity index (χ3n) is 3.95. The molecule has 0 radical (unpaired) electrons. The van der Waals surface area contributed by atoms with Crippen LogP contribution in [0.25, 0.3) is 0 Å². The molecule has 2 amide bonds. The standard InChI is InChI=1S/C19H20N2O3/c1-24-17-8-3-2-7-16(17)19(23)20-12-13-5-4-6-15(11-13)21-18(22)14-9-10-14/h2-8,11,14H,9-10,12H2,1H3,(H,20,23)(H,21,22). The summed E-state index contributed by atoms with van der Waals surface area (Å²) in [7, 11) is 1.54. The zero-order chi connectivity index (χ0) is 16.9. The van der Waals surface area contributed by atoms with Crippen LogP contribution in [-0.2, 0) is 11.3 Å². The number of carbonyl (C=O) groups is 2. The van der Waals surface area contributed by atoms with Gasteiger partial charge in [-0.2, -0.15) is 0 Å². The molecule has 3 rings (SSSR count). The van der Waals surface area contributed by atoms with Crippen LogP contribution in [0, 0.1) is 5.92 Å². The fraction of sp³-hybridized carbons (Fsp3) is 0.263. The second-order valence-electron chi connectivity index (χ2n) is 5.85. The monoisotopic (exact) mass is 324 g/mol. The van der Waals surface area contributed by atoms with Crippen molar-refractivity contribution in [3.63, 3.8) is 0 Å². The van der Waals surface area contributed by atoms with Crippen molar-refractivity contribution in [2.75, 3.05) is 12.4 Å². The van der Waals surface area contributed by atoms with Gasteiger partial charge in [0.1, 0.15) is 5.75 Å². The van der Waals surface area contributed by atoms with Crippen LogP contribution in [0.15, 0.2) is 48.5 Å². The Morgan fingerprint density at radius 3 is 2.67 bits per heavy atom. The molecule has 1 saturated carbocycles. The second-order valence-corrected chi connectivity index (χ2v) is 5.85. The maximum Gasteiger partial charge on any atom is 0.255 e. The zero-order valence-corrected chi connectivity index (χ0v) is 13.5. The molecule has 0 aliphatic heterocycles. The Kier molecular flexibility index (Phi) is 4.79. The summed E-state index contributed by atoms with van der Waals surface area (Å²) in [5, 5.41) is 5.78. The number of anilines is 1. The lowest BCUT2D eigenvalue weighted by Crippen LogP contribution is -2.23. The van der Waals surface area contributed by atoms with E-state index in [1.165, 1.54) is 7.11 Å². The van der Waals surface area contributed by atoms with Crippen molar-refractivity contribution in [1.29, 1.82) is 0 Å². The van der Waals surface area contributed by atoms with Gasteiger partial charge in [-0.05, 0) is 42.7 Å². The van der Waals surface area contributed by atoms with E-state index in [4.69, 9.17) is 4.74 Å². The SMILES string of the molecule is COc1ccccc1C(=O)NCc1cccc(NC(=O)C2CC2)c1. The van der Waals surface area contributed by atoms with Gasteiger partial charge in [0.25, 0.3) is 5.91 Å². The van der Waals surface area contributed by atoms with Crippen LogP contribution in [0.3, 0.4) is 0 Å². The van der Waals surface area contributed by atoms with Crippen molar-refractivity contribution < 1.29 is 14.3 Å². The molecule has 5 nitrogen and oxygen atoms in total. The van der Waals surface area contributed by atoms with Crippen molar-refractivity contribution >= 4 is 17.5 Å². The minimum atomic E-state index is -0.195. The maximum absolute atomic E-state index is 12.3. The molecule has 0 atom stereocenters. The Morgan fingerprint density at radius 1 is 1.12 bits per heavy atom. The highest BCUT2D eigenvalue weighted by atomic mass is 16.5. The van der Waals surface area contributed by atoms with Crippen LogP contribution in [0.2, 0.25) is 0 Å². The molecule has 2 aromatic rings. The summed E-state index contributed by atoms with van der Waals surface area (Å²) in [6.07, 6.45) is 1.95. The summed E-state index contributed by atoms with van der Waals surface area (Å²) in [5.41, 5.74) is 2.18. The predicted molar refractivity (Wildman–Crippen MR) is 92.0 cm³/mol. The van der Waals surface area contributed by atoms with E-state index in [1.54, 1.807) is 18.2 Å². The van der Waals surface area contributed by atoms with Crippen LogP contribution in [0.5, 0.6) is 5.75 Å². The minimum absolute atomic E-state index is 0.0743. The van der Waals surface area contributed by atoms with E-state index in [0.29, 0.717) is 17.9 Å². The summed E-state index contributed by atoms with van der Waals surface area (Å²) < 4.78 is 5.20. The number of hydrogen-bond acceptors (Lipinski definition) is 3. The number of nitrogens with one attached hydrogen (secondary N) is 2. The van der Waals surface area contributed by atoms with Gasteiger partial charge < -0.3 is 15.4 Å². The molecule has 0 spiro atoms. The van der Waals surface area contributed by atoms with E-state index in [2.05, 4.69) is 10.6 Å². The van der Waals surface area contributed by atoms with E-state index in [0.717, 1.165) is 24.1 Å². The number of amides is 2. The molecule has 1 fully saturated rings. The van der Waals surface area contributed by atoms with Gasteiger partial charge in [-0.1, -0.05) is 24.3 Å². The number of methoxy groups -OCH3 is 1. The number of para-hydroxylation sites is 1. The molecule has 5 heteroatoms. The van der Waals surface area contributed by atoms with E-state index in [-0.39, 0.29) is 17.7 Å². The summed E-state index contributed by atoms with van der Waals surface area (Å²) in [6.45, 7) is 0.379. The molecule has 0 aromatic heterocycles. The summed E-state index contributed by atoms with van der Waals surface area (Å²) in [5.74, 6) is 0.587. The fourth-order valence-corrected chi connectivity index (χ4v) is 2.46. The number of carbonyl (C=O) groups excluding carboxylic acids is 2. The van der Waals surface area contributed by atoms with Crippen LogP contribution in [0.1, 0.15) is 28.8 Å². The number of benzene rings is 2. The summed E-state index contributed by atoms with van der Waals surface area (Å²) >= 11 is 0. The molecule has 124 valence electrons. The average Bonchev–Trinajstić information content (AvgIpc) is 3.45. The highest BCUT2D eigenvalue weighted by Gasteiger charge is 2.29.